The van der Waals surface area contributed by atoms with Gasteiger partial charge in [0.05, 0.1) is 6.34 Å². The Balaban J connectivity index is 1.92. The molecule has 0 aliphatic carbocycles. The van der Waals surface area contributed by atoms with Gasteiger partial charge in [-0.05, 0) is 0 Å². The highest BCUT2D eigenvalue weighted by molar-refractivity contribution is 6.70. The Labute approximate surface area is 169 Å². The van der Waals surface area contributed by atoms with E-state index in [1.165, 1.54) is 32.0 Å². The molecular formula is C16H17ClN4O8. The van der Waals surface area contributed by atoms with Crippen molar-refractivity contribution in [3.05, 3.63) is 0 Å². The van der Waals surface area contributed by atoms with Crippen LogP contribution in [-0.2, 0) is 33.3 Å². The monoisotopic (exact) mass is 428 g/mol. The Morgan fingerprint density at radius 3 is 2.38 bits per heavy atom. The van der Waals surface area contributed by atoms with Crippen molar-refractivity contribution in [2.45, 2.75) is 51.4 Å². The number of fused-ring (bicyclic) bond motifs is 1. The summed E-state index contributed by atoms with van der Waals surface area (Å²) in [5, 5.41) is -0.0752. The summed E-state index contributed by atoms with van der Waals surface area (Å²) in [6.07, 6.45) is -2.93. The van der Waals surface area contributed by atoms with Crippen LogP contribution in [0.3, 0.4) is 0 Å². The van der Waals surface area contributed by atoms with E-state index in [9.17, 15) is 19.2 Å². The molecule has 0 aromatic carbocycles. The second-order valence-electron chi connectivity index (χ2n) is 6.28. The van der Waals surface area contributed by atoms with Gasteiger partial charge in [0.15, 0.2) is 24.5 Å². The molecule has 3 rings (SSSR count). The Morgan fingerprint density at radius 1 is 1.10 bits per heavy atom. The number of aliphatic imine (C=N–C) groups is 3. The maximum atomic E-state index is 11.7. The maximum Gasteiger partial charge on any atom is 0.370 e. The van der Waals surface area contributed by atoms with Crippen molar-refractivity contribution in [2.24, 2.45) is 15.0 Å². The summed E-state index contributed by atoms with van der Waals surface area (Å²) < 4.78 is 21.4. The van der Waals surface area contributed by atoms with Crippen LogP contribution in [0.15, 0.2) is 15.0 Å². The zero-order valence-electron chi connectivity index (χ0n) is 15.6. The van der Waals surface area contributed by atoms with Crippen molar-refractivity contribution in [1.29, 1.82) is 0 Å². The van der Waals surface area contributed by atoms with E-state index in [1.54, 1.807) is 0 Å². The molecule has 5 atom stereocenters. The topological polar surface area (TPSA) is 146 Å². The Bertz CT molecular complexity index is 841. The second-order valence-corrected chi connectivity index (χ2v) is 6.66. The summed E-state index contributed by atoms with van der Waals surface area (Å²) in [6.45, 7) is 3.30. The second kappa shape index (κ2) is 8.25. The van der Waals surface area contributed by atoms with Gasteiger partial charge in [0.1, 0.15) is 23.7 Å². The molecule has 0 bridgehead atoms. The Morgan fingerprint density at radius 2 is 1.76 bits per heavy atom. The first-order valence-corrected chi connectivity index (χ1v) is 8.86. The van der Waals surface area contributed by atoms with Crippen LogP contribution in [0.1, 0.15) is 20.8 Å². The summed E-state index contributed by atoms with van der Waals surface area (Å²) in [5.74, 6) is -1.78. The third-order valence-electron chi connectivity index (χ3n) is 4.10. The number of hydrogen-bond acceptors (Lipinski definition) is 10. The Hall–Kier alpha value is -2.86. The highest BCUT2D eigenvalue weighted by Crippen LogP contribution is 2.32. The minimum atomic E-state index is -1.13. The van der Waals surface area contributed by atoms with E-state index in [-0.39, 0.29) is 17.6 Å². The fourth-order valence-corrected chi connectivity index (χ4v) is 3.31. The predicted molar refractivity (Wildman–Crippen MR) is 96.6 cm³/mol. The zero-order chi connectivity index (χ0) is 21.3. The number of amides is 2. The van der Waals surface area contributed by atoms with Crippen LogP contribution in [0.2, 0.25) is 0 Å². The van der Waals surface area contributed by atoms with E-state index >= 15 is 0 Å². The van der Waals surface area contributed by atoms with Crippen LogP contribution in [-0.4, -0.2) is 83.4 Å². The van der Waals surface area contributed by atoms with Crippen molar-refractivity contribution in [2.75, 3.05) is 6.61 Å². The van der Waals surface area contributed by atoms with Crippen LogP contribution in [0.4, 0.5) is 4.79 Å². The molecule has 0 aromatic heterocycles. The summed E-state index contributed by atoms with van der Waals surface area (Å²) in [5.41, 5.74) is 0. The maximum absolute atomic E-state index is 11.7. The summed E-state index contributed by atoms with van der Waals surface area (Å²) in [4.78, 5) is 59.0. The van der Waals surface area contributed by atoms with Gasteiger partial charge in [-0.1, -0.05) is 11.6 Å². The SMILES string of the molecule is CC(=O)OC[C@H]1O[C@@H](N2C=NC3C(Cl)=NC(=O)N=C32)[C@H](OC(C)=O)[C@@H]1OC(C)=O. The predicted octanol–water partition coefficient (Wildman–Crippen LogP) is 0.0197. The average Bonchev–Trinajstić information content (AvgIpc) is 3.15. The smallest absolute Gasteiger partial charge is 0.370 e. The summed E-state index contributed by atoms with van der Waals surface area (Å²) in [6, 6.07) is -1.64. The van der Waals surface area contributed by atoms with Crippen LogP contribution in [0.5, 0.6) is 0 Å². The third kappa shape index (κ3) is 4.43. The highest BCUT2D eigenvalue weighted by Gasteiger charge is 2.54. The number of nitrogens with zero attached hydrogens (tertiary/aromatic N) is 4. The van der Waals surface area contributed by atoms with Crippen molar-refractivity contribution < 1.29 is 38.1 Å². The molecular weight excluding hydrogens is 412 g/mol. The molecule has 1 fully saturated rings. The third-order valence-corrected chi connectivity index (χ3v) is 4.39. The lowest BCUT2D eigenvalue weighted by atomic mass is 10.1. The van der Waals surface area contributed by atoms with Gasteiger partial charge < -0.3 is 18.9 Å². The Kier molecular flexibility index (Phi) is 5.94. The van der Waals surface area contributed by atoms with E-state index in [0.29, 0.717) is 0 Å². The van der Waals surface area contributed by atoms with Crippen molar-refractivity contribution >= 4 is 52.9 Å². The van der Waals surface area contributed by atoms with Gasteiger partial charge in [0.25, 0.3) is 0 Å². The van der Waals surface area contributed by atoms with Gasteiger partial charge in [-0.2, -0.15) is 9.98 Å². The number of hydrogen-bond donors (Lipinski definition) is 0. The van der Waals surface area contributed by atoms with Crippen LogP contribution >= 0.6 is 11.6 Å². The van der Waals surface area contributed by atoms with E-state index in [4.69, 9.17) is 30.5 Å². The summed E-state index contributed by atoms with van der Waals surface area (Å²) >= 11 is 5.97. The lowest BCUT2D eigenvalue weighted by molar-refractivity contribution is -0.166. The molecule has 0 saturated carbocycles. The molecule has 156 valence electrons. The van der Waals surface area contributed by atoms with Crippen molar-refractivity contribution in [3.8, 4) is 0 Å². The number of carbonyl (C=O) groups is 4. The van der Waals surface area contributed by atoms with E-state index in [0.717, 1.165) is 0 Å². The molecule has 2 amide bonds. The molecule has 0 spiro atoms. The molecule has 3 heterocycles. The van der Waals surface area contributed by atoms with Crippen LogP contribution in [0.25, 0.3) is 0 Å². The van der Waals surface area contributed by atoms with Crippen LogP contribution in [0, 0.1) is 0 Å². The van der Waals surface area contributed by atoms with Gasteiger partial charge in [-0.25, -0.2) is 4.79 Å². The van der Waals surface area contributed by atoms with Gasteiger partial charge in [-0.3, -0.25) is 24.3 Å². The van der Waals surface area contributed by atoms with Gasteiger partial charge in [0.2, 0.25) is 0 Å². The molecule has 1 unspecified atom stereocenters. The quantitative estimate of drug-likeness (QED) is 0.436. The summed E-state index contributed by atoms with van der Waals surface area (Å²) in [7, 11) is 0. The first-order chi connectivity index (χ1) is 13.7. The fourth-order valence-electron chi connectivity index (χ4n) is 3.08. The molecule has 0 N–H and O–H groups in total. The number of urea groups is 1. The van der Waals surface area contributed by atoms with Gasteiger partial charge >= 0.3 is 23.9 Å². The molecule has 3 aliphatic rings. The van der Waals surface area contributed by atoms with E-state index < -0.39 is 54.5 Å². The molecule has 12 nitrogen and oxygen atoms in total. The largest absolute Gasteiger partial charge is 0.463 e. The standard InChI is InChI=1S/C16H17ClN4O8/c1-6(22)26-4-9-11(27-7(2)23)12(28-8(3)24)15(29-9)21-5-18-10-13(17)19-16(25)20-14(10)21/h5,9-12,15H,4H2,1-3H3/t9-,10?,11-,12-,15-/m1/s1. The van der Waals surface area contributed by atoms with Crippen LogP contribution < -0.4 is 0 Å². The minimum absolute atomic E-state index is 0.0752. The first kappa shape index (κ1) is 20.9. The molecule has 1 saturated heterocycles. The lowest BCUT2D eigenvalue weighted by Gasteiger charge is -2.29. The van der Waals surface area contributed by atoms with E-state index in [1.807, 2.05) is 0 Å². The van der Waals surface area contributed by atoms with Gasteiger partial charge in [-0.15, -0.1) is 0 Å². The fraction of sp³-hybridized carbons (Fsp3) is 0.562. The normalized spacial score (nSPS) is 30.4. The zero-order valence-corrected chi connectivity index (χ0v) is 16.4. The number of amidine groups is 1. The molecule has 0 radical (unpaired) electrons. The van der Waals surface area contributed by atoms with Crippen molar-refractivity contribution in [1.82, 2.24) is 4.90 Å². The van der Waals surface area contributed by atoms with Crippen molar-refractivity contribution in [3.63, 3.8) is 0 Å². The number of halogens is 1. The molecule has 0 aromatic rings. The number of esters is 3. The minimum Gasteiger partial charge on any atom is -0.463 e. The molecule has 3 aliphatic heterocycles. The number of ether oxygens (including phenoxy) is 4. The highest BCUT2D eigenvalue weighted by atomic mass is 35.5. The lowest BCUT2D eigenvalue weighted by Crippen LogP contribution is -2.50. The molecule has 29 heavy (non-hydrogen) atoms. The first-order valence-electron chi connectivity index (χ1n) is 8.49. The average molecular weight is 429 g/mol. The number of rotatable bonds is 5. The van der Waals surface area contributed by atoms with Gasteiger partial charge in [0, 0.05) is 20.8 Å². The molecule has 13 heteroatoms. The number of carbonyl (C=O) groups excluding carboxylic acids is 4. The van der Waals surface area contributed by atoms with E-state index in [2.05, 4.69) is 15.0 Å².